The number of hydrogen-bond acceptors (Lipinski definition) is 5. The summed E-state index contributed by atoms with van der Waals surface area (Å²) in [5.74, 6) is -1.16. The second-order valence-electron chi connectivity index (χ2n) is 8.36. The summed E-state index contributed by atoms with van der Waals surface area (Å²) in [6, 6.07) is 0.0491. The molecule has 28 heavy (non-hydrogen) atoms. The zero-order valence-corrected chi connectivity index (χ0v) is 17.5. The Morgan fingerprint density at radius 3 is 2.25 bits per heavy atom. The summed E-state index contributed by atoms with van der Waals surface area (Å²) in [5.41, 5.74) is 6.80. The van der Waals surface area contributed by atoms with Gasteiger partial charge in [-0.15, -0.1) is 0 Å². The van der Waals surface area contributed by atoms with Gasteiger partial charge in [0.25, 0.3) is 0 Å². The Morgan fingerprint density at radius 2 is 1.61 bits per heavy atom. The van der Waals surface area contributed by atoms with Gasteiger partial charge in [-0.05, 0) is 25.7 Å². The van der Waals surface area contributed by atoms with E-state index in [9.17, 15) is 14.7 Å². The number of nitrogens with two attached hydrogens (primary N) is 1. The standard InChI is InChI=1S/C23H38N2O3/c1-2-3-4-5-6-7-8-9-10-13-17-22(27)20(16-21(26)23(17)28)25-19-15-12-11-14-18(19)24/h16,18-19,25,27H,2-15,24H2,1H3/t18?,19-/m1/s1. The van der Waals surface area contributed by atoms with E-state index < -0.39 is 11.6 Å². The quantitative estimate of drug-likeness (QED) is 0.257. The summed E-state index contributed by atoms with van der Waals surface area (Å²) >= 11 is 0. The molecular formula is C23H38N2O3. The predicted octanol–water partition coefficient (Wildman–Crippen LogP) is 4.61. The van der Waals surface area contributed by atoms with Gasteiger partial charge in [-0.1, -0.05) is 71.1 Å². The number of hydrogen-bond donors (Lipinski definition) is 3. The molecule has 1 unspecified atom stereocenters. The molecule has 0 aromatic rings. The average molecular weight is 391 g/mol. The van der Waals surface area contributed by atoms with Crippen molar-refractivity contribution in [1.29, 1.82) is 0 Å². The van der Waals surface area contributed by atoms with Crippen LogP contribution in [0.5, 0.6) is 0 Å². The molecule has 0 spiro atoms. The highest BCUT2D eigenvalue weighted by molar-refractivity contribution is 6.48. The van der Waals surface area contributed by atoms with E-state index in [1.54, 1.807) is 0 Å². The Morgan fingerprint density at radius 1 is 1.00 bits per heavy atom. The molecule has 4 N–H and O–H groups in total. The lowest BCUT2D eigenvalue weighted by Crippen LogP contribution is -2.47. The van der Waals surface area contributed by atoms with Gasteiger partial charge < -0.3 is 16.2 Å². The Balaban J connectivity index is 1.81. The monoisotopic (exact) mass is 390 g/mol. The van der Waals surface area contributed by atoms with E-state index in [1.807, 2.05) is 0 Å². The van der Waals surface area contributed by atoms with Gasteiger partial charge in [-0.2, -0.15) is 0 Å². The minimum atomic E-state index is -0.560. The van der Waals surface area contributed by atoms with Crippen molar-refractivity contribution in [3.05, 3.63) is 23.1 Å². The van der Waals surface area contributed by atoms with Gasteiger partial charge in [0, 0.05) is 23.7 Å². The number of Topliss-reactive ketones (excluding diaryl/α,β-unsaturated/α-hetero) is 1. The maximum absolute atomic E-state index is 12.2. The van der Waals surface area contributed by atoms with Crippen LogP contribution in [0, 0.1) is 0 Å². The van der Waals surface area contributed by atoms with E-state index in [-0.39, 0.29) is 23.4 Å². The molecule has 158 valence electrons. The van der Waals surface area contributed by atoms with E-state index in [1.165, 1.54) is 44.6 Å². The fourth-order valence-corrected chi connectivity index (χ4v) is 4.18. The van der Waals surface area contributed by atoms with E-state index in [4.69, 9.17) is 5.73 Å². The second-order valence-corrected chi connectivity index (χ2v) is 8.36. The largest absolute Gasteiger partial charge is 0.505 e. The molecule has 1 fully saturated rings. The molecule has 0 aromatic heterocycles. The molecule has 0 saturated heterocycles. The van der Waals surface area contributed by atoms with Crippen molar-refractivity contribution in [1.82, 2.24) is 5.32 Å². The zero-order chi connectivity index (χ0) is 20.4. The van der Waals surface area contributed by atoms with Gasteiger partial charge in [0.05, 0.1) is 5.70 Å². The number of rotatable bonds is 12. The Hall–Kier alpha value is -1.62. The lowest BCUT2D eigenvalue weighted by molar-refractivity contribution is -0.132. The number of unbranched alkanes of at least 4 members (excludes halogenated alkanes) is 8. The fraction of sp³-hybridized carbons (Fsp3) is 0.739. The highest BCUT2D eigenvalue weighted by atomic mass is 16.3. The van der Waals surface area contributed by atoms with Crippen molar-refractivity contribution in [3.63, 3.8) is 0 Å². The van der Waals surface area contributed by atoms with Crippen LogP contribution >= 0.6 is 0 Å². The molecule has 5 heteroatoms. The SMILES string of the molecule is CCCCCCCCCCCC1=C(O)C(N[C@@H]2CCCCC2N)=CC(=O)C1=O. The van der Waals surface area contributed by atoms with Crippen LogP contribution in [0.1, 0.15) is 96.8 Å². The molecule has 5 nitrogen and oxygen atoms in total. The number of ketones is 2. The van der Waals surface area contributed by atoms with Crippen molar-refractivity contribution in [3.8, 4) is 0 Å². The highest BCUT2D eigenvalue weighted by Crippen LogP contribution is 2.25. The number of aliphatic hydroxyl groups excluding tert-OH is 1. The summed E-state index contributed by atoms with van der Waals surface area (Å²) in [6.07, 6.45) is 16.4. The van der Waals surface area contributed by atoms with Gasteiger partial charge in [0.1, 0.15) is 5.76 Å². The molecule has 2 aliphatic rings. The maximum atomic E-state index is 12.2. The Kier molecular flexibility index (Phi) is 9.76. The number of aliphatic hydroxyl groups is 1. The average Bonchev–Trinajstić information content (AvgIpc) is 2.68. The molecule has 0 bridgehead atoms. The molecule has 0 amide bonds. The highest BCUT2D eigenvalue weighted by Gasteiger charge is 2.30. The molecule has 0 aromatic carbocycles. The van der Waals surface area contributed by atoms with Crippen LogP contribution in [-0.4, -0.2) is 28.8 Å². The van der Waals surface area contributed by atoms with Gasteiger partial charge in [-0.25, -0.2) is 0 Å². The van der Waals surface area contributed by atoms with Crippen molar-refractivity contribution >= 4 is 11.6 Å². The molecule has 0 aliphatic heterocycles. The summed E-state index contributed by atoms with van der Waals surface area (Å²) < 4.78 is 0. The summed E-state index contributed by atoms with van der Waals surface area (Å²) in [6.45, 7) is 2.22. The summed E-state index contributed by atoms with van der Waals surface area (Å²) in [5, 5.41) is 13.8. The lowest BCUT2D eigenvalue weighted by Gasteiger charge is -2.31. The predicted molar refractivity (Wildman–Crippen MR) is 113 cm³/mol. The first-order valence-corrected chi connectivity index (χ1v) is 11.3. The first kappa shape index (κ1) is 22.7. The van der Waals surface area contributed by atoms with Crippen LogP contribution in [0.3, 0.4) is 0 Å². The molecular weight excluding hydrogens is 352 g/mol. The fourth-order valence-electron chi connectivity index (χ4n) is 4.18. The van der Waals surface area contributed by atoms with Crippen molar-refractivity contribution in [2.75, 3.05) is 0 Å². The number of allylic oxidation sites excluding steroid dienone is 2. The maximum Gasteiger partial charge on any atom is 0.232 e. The van der Waals surface area contributed by atoms with Crippen molar-refractivity contribution in [2.45, 2.75) is 109 Å². The molecule has 0 radical (unpaired) electrons. The number of carbonyl (C=O) groups excluding carboxylic acids is 2. The first-order valence-electron chi connectivity index (χ1n) is 11.3. The Labute approximate surface area is 169 Å². The van der Waals surface area contributed by atoms with Crippen molar-refractivity contribution < 1.29 is 14.7 Å². The van der Waals surface area contributed by atoms with Crippen LogP contribution in [0.4, 0.5) is 0 Å². The second kappa shape index (κ2) is 12.1. The third-order valence-electron chi connectivity index (χ3n) is 6.00. The number of nitrogens with one attached hydrogen (secondary N) is 1. The van der Waals surface area contributed by atoms with E-state index in [0.29, 0.717) is 12.1 Å². The third-order valence-corrected chi connectivity index (χ3v) is 6.00. The van der Waals surface area contributed by atoms with Crippen molar-refractivity contribution in [2.24, 2.45) is 5.73 Å². The molecule has 0 heterocycles. The lowest BCUT2D eigenvalue weighted by atomic mass is 9.89. The summed E-state index contributed by atoms with van der Waals surface area (Å²) in [4.78, 5) is 24.3. The molecule has 2 aliphatic carbocycles. The van der Waals surface area contributed by atoms with Gasteiger partial charge in [-0.3, -0.25) is 9.59 Å². The molecule has 2 rings (SSSR count). The molecule has 2 atom stereocenters. The third kappa shape index (κ3) is 6.77. The van der Waals surface area contributed by atoms with Crippen LogP contribution < -0.4 is 11.1 Å². The van der Waals surface area contributed by atoms with Crippen LogP contribution in [0.25, 0.3) is 0 Å². The van der Waals surface area contributed by atoms with Gasteiger partial charge in [0.2, 0.25) is 11.6 Å². The minimum absolute atomic E-state index is 0.0101. The van der Waals surface area contributed by atoms with E-state index in [0.717, 1.165) is 44.9 Å². The van der Waals surface area contributed by atoms with Gasteiger partial charge >= 0.3 is 0 Å². The minimum Gasteiger partial charge on any atom is -0.505 e. The zero-order valence-electron chi connectivity index (χ0n) is 17.5. The van der Waals surface area contributed by atoms with E-state index in [2.05, 4.69) is 12.2 Å². The smallest absolute Gasteiger partial charge is 0.232 e. The normalized spacial score (nSPS) is 23.1. The van der Waals surface area contributed by atoms with Crippen LogP contribution in [0.15, 0.2) is 23.1 Å². The van der Waals surface area contributed by atoms with Crippen LogP contribution in [0.2, 0.25) is 0 Å². The molecule has 1 saturated carbocycles. The summed E-state index contributed by atoms with van der Waals surface area (Å²) in [7, 11) is 0. The first-order chi connectivity index (χ1) is 13.5. The van der Waals surface area contributed by atoms with Gasteiger partial charge in [0.15, 0.2) is 0 Å². The Bertz CT molecular complexity index is 595. The van der Waals surface area contributed by atoms with E-state index >= 15 is 0 Å². The topological polar surface area (TPSA) is 92.4 Å². The number of carbonyl (C=O) groups is 2. The van der Waals surface area contributed by atoms with Crippen LogP contribution in [-0.2, 0) is 9.59 Å².